The standard InChI is InChI=1S/C18H12NSe/c20-14-10-11-18-16(12-14)15-8-4-5-9-17(15)19(18)13-6-2-1-3-7-13/h1-12H. The number of nitrogens with zero attached hydrogens (tertiary/aromatic N) is 1. The number of hydrogen-bond donors (Lipinski definition) is 0. The van der Waals surface area contributed by atoms with E-state index in [2.05, 4.69) is 93.4 Å². The predicted molar refractivity (Wildman–Crippen MR) is 86.2 cm³/mol. The van der Waals surface area contributed by atoms with Gasteiger partial charge in [-0.25, -0.2) is 0 Å². The first kappa shape index (κ1) is 11.8. The number of aromatic nitrogens is 1. The molecule has 0 spiro atoms. The van der Waals surface area contributed by atoms with Crippen LogP contribution in [-0.4, -0.2) is 20.6 Å². The van der Waals surface area contributed by atoms with E-state index in [1.807, 2.05) is 0 Å². The Kier molecular flexibility index (Phi) is 2.66. The third-order valence-electron chi connectivity index (χ3n) is 3.66. The molecule has 3 aromatic carbocycles. The molecule has 0 saturated carbocycles. The van der Waals surface area contributed by atoms with Crippen molar-refractivity contribution >= 4 is 42.3 Å². The first-order valence-corrected chi connectivity index (χ1v) is 7.46. The van der Waals surface area contributed by atoms with Crippen molar-refractivity contribution in [2.45, 2.75) is 0 Å². The van der Waals surface area contributed by atoms with Gasteiger partial charge in [0.15, 0.2) is 0 Å². The molecule has 20 heavy (non-hydrogen) atoms. The second-order valence-corrected chi connectivity index (χ2v) is 5.86. The van der Waals surface area contributed by atoms with Crippen molar-refractivity contribution in [2.75, 3.05) is 0 Å². The predicted octanol–water partition coefficient (Wildman–Crippen LogP) is 3.58. The van der Waals surface area contributed by atoms with Crippen molar-refractivity contribution in [3.63, 3.8) is 0 Å². The summed E-state index contributed by atoms with van der Waals surface area (Å²) < 4.78 is 3.50. The Labute approximate surface area is 125 Å². The zero-order chi connectivity index (χ0) is 13.5. The average Bonchev–Trinajstić information content (AvgIpc) is 2.82. The van der Waals surface area contributed by atoms with Crippen LogP contribution in [0.2, 0.25) is 0 Å². The minimum atomic E-state index is 1.17. The summed E-state index contributed by atoms with van der Waals surface area (Å²) in [6.07, 6.45) is 0. The third kappa shape index (κ3) is 1.70. The summed E-state index contributed by atoms with van der Waals surface area (Å²) in [5.41, 5.74) is 3.70. The fourth-order valence-electron chi connectivity index (χ4n) is 2.81. The van der Waals surface area contributed by atoms with Crippen LogP contribution in [0.5, 0.6) is 0 Å². The Morgan fingerprint density at radius 2 is 1.35 bits per heavy atom. The van der Waals surface area contributed by atoms with Crippen molar-refractivity contribution in [2.24, 2.45) is 0 Å². The van der Waals surface area contributed by atoms with Crippen LogP contribution < -0.4 is 4.46 Å². The molecule has 4 rings (SSSR count). The summed E-state index contributed by atoms with van der Waals surface area (Å²) in [5.74, 6) is 0. The summed E-state index contributed by atoms with van der Waals surface area (Å²) in [7, 11) is 0. The first-order chi connectivity index (χ1) is 9.84. The molecular weight excluding hydrogens is 309 g/mol. The van der Waals surface area contributed by atoms with Gasteiger partial charge in [0.2, 0.25) is 0 Å². The molecule has 1 radical (unpaired) electrons. The van der Waals surface area contributed by atoms with Gasteiger partial charge in [-0.15, -0.1) is 0 Å². The van der Waals surface area contributed by atoms with Crippen LogP contribution in [-0.2, 0) is 0 Å². The topological polar surface area (TPSA) is 4.93 Å². The Hall–Kier alpha value is -2.02. The van der Waals surface area contributed by atoms with E-state index in [0.29, 0.717) is 0 Å². The monoisotopic (exact) mass is 322 g/mol. The van der Waals surface area contributed by atoms with Crippen LogP contribution in [0, 0.1) is 0 Å². The van der Waals surface area contributed by atoms with Gasteiger partial charge in [-0.1, -0.05) is 0 Å². The number of hydrogen-bond acceptors (Lipinski definition) is 0. The van der Waals surface area contributed by atoms with Crippen LogP contribution in [0.1, 0.15) is 0 Å². The quantitative estimate of drug-likeness (QED) is 0.472. The van der Waals surface area contributed by atoms with E-state index in [4.69, 9.17) is 0 Å². The fourth-order valence-corrected chi connectivity index (χ4v) is 3.20. The van der Waals surface area contributed by atoms with Crippen molar-refractivity contribution in [1.29, 1.82) is 0 Å². The summed E-state index contributed by atoms with van der Waals surface area (Å²) in [4.78, 5) is 0. The first-order valence-electron chi connectivity index (χ1n) is 6.60. The molecule has 1 nitrogen and oxygen atoms in total. The van der Waals surface area contributed by atoms with Gasteiger partial charge < -0.3 is 0 Å². The summed E-state index contributed by atoms with van der Waals surface area (Å²) in [6.45, 7) is 0. The van der Waals surface area contributed by atoms with Gasteiger partial charge in [0.05, 0.1) is 0 Å². The van der Waals surface area contributed by atoms with E-state index in [0.717, 1.165) is 0 Å². The molecule has 0 fully saturated rings. The van der Waals surface area contributed by atoms with Crippen LogP contribution in [0.15, 0.2) is 72.8 Å². The molecule has 0 saturated heterocycles. The maximum absolute atomic E-state index is 3.10. The zero-order valence-corrected chi connectivity index (χ0v) is 12.5. The van der Waals surface area contributed by atoms with Crippen molar-refractivity contribution in [1.82, 2.24) is 4.57 Å². The van der Waals surface area contributed by atoms with Crippen LogP contribution in [0.4, 0.5) is 0 Å². The van der Waals surface area contributed by atoms with Gasteiger partial charge >= 0.3 is 125 Å². The fraction of sp³-hybridized carbons (Fsp3) is 0. The van der Waals surface area contributed by atoms with Gasteiger partial charge in [-0.2, -0.15) is 0 Å². The molecule has 0 atom stereocenters. The van der Waals surface area contributed by atoms with Crippen LogP contribution in [0.3, 0.4) is 0 Å². The second kappa shape index (κ2) is 4.52. The molecule has 0 amide bonds. The van der Waals surface area contributed by atoms with Gasteiger partial charge in [-0.05, 0) is 0 Å². The molecule has 1 aromatic heterocycles. The van der Waals surface area contributed by atoms with E-state index in [1.54, 1.807) is 0 Å². The van der Waals surface area contributed by atoms with Crippen LogP contribution in [0.25, 0.3) is 27.5 Å². The molecule has 0 aliphatic rings. The van der Waals surface area contributed by atoms with Gasteiger partial charge in [-0.3, -0.25) is 0 Å². The molecule has 95 valence electrons. The Morgan fingerprint density at radius 1 is 0.650 bits per heavy atom. The Bertz CT molecular complexity index is 907. The number of benzene rings is 3. The van der Waals surface area contributed by atoms with Crippen molar-refractivity contribution in [3.8, 4) is 5.69 Å². The summed E-state index contributed by atoms with van der Waals surface area (Å²) in [5, 5.41) is 2.59. The molecule has 4 aromatic rings. The molecule has 0 unspecified atom stereocenters. The van der Waals surface area contributed by atoms with Crippen molar-refractivity contribution in [3.05, 3.63) is 72.8 Å². The third-order valence-corrected chi connectivity index (χ3v) is 4.19. The molecule has 0 N–H and O–H groups in total. The van der Waals surface area contributed by atoms with E-state index in [1.165, 1.54) is 32.0 Å². The van der Waals surface area contributed by atoms with Gasteiger partial charge in [0.25, 0.3) is 0 Å². The van der Waals surface area contributed by atoms with E-state index >= 15 is 0 Å². The Balaban J connectivity index is 2.22. The van der Waals surface area contributed by atoms with Crippen molar-refractivity contribution < 1.29 is 0 Å². The molecule has 0 aliphatic carbocycles. The van der Waals surface area contributed by atoms with E-state index < -0.39 is 0 Å². The number of fused-ring (bicyclic) bond motifs is 3. The maximum atomic E-state index is 3.10. The second-order valence-electron chi connectivity index (χ2n) is 4.87. The molecule has 0 aliphatic heterocycles. The number of para-hydroxylation sites is 2. The van der Waals surface area contributed by atoms with Gasteiger partial charge in [0.1, 0.15) is 0 Å². The minimum absolute atomic E-state index is 1.17. The Morgan fingerprint density at radius 3 is 2.20 bits per heavy atom. The normalized spacial score (nSPS) is 11.2. The van der Waals surface area contributed by atoms with E-state index in [9.17, 15) is 0 Å². The summed E-state index contributed by atoms with van der Waals surface area (Å²) >= 11 is 3.10. The zero-order valence-electron chi connectivity index (χ0n) is 10.8. The molecule has 0 bridgehead atoms. The van der Waals surface area contributed by atoms with Crippen LogP contribution >= 0.6 is 0 Å². The molecule has 1 heterocycles. The van der Waals surface area contributed by atoms with Gasteiger partial charge in [0, 0.05) is 0 Å². The average molecular weight is 321 g/mol. The SMILES string of the molecule is [Se]c1ccc2c(c1)c1ccccc1n2-c1ccccc1. The van der Waals surface area contributed by atoms with E-state index in [-0.39, 0.29) is 0 Å². The molecule has 2 heteroatoms. The number of rotatable bonds is 1. The molecular formula is C18H12NSe. The summed E-state index contributed by atoms with van der Waals surface area (Å²) in [6, 6.07) is 25.6.